The maximum absolute atomic E-state index is 12.7. The number of carboxylic acid groups (broad SMARTS) is 1. The van der Waals surface area contributed by atoms with Crippen LogP contribution in [-0.4, -0.2) is 45.2 Å². The molecule has 35 heavy (non-hydrogen) atoms. The molecule has 1 aliphatic rings. The number of halogens is 2. The Kier molecular flexibility index (Phi) is 8.86. The fraction of sp³-hybridized carbons (Fsp3) is 0.250. The Bertz CT molecular complexity index is 1200. The van der Waals surface area contributed by atoms with Gasteiger partial charge in [0.05, 0.1) is 17.6 Å². The van der Waals surface area contributed by atoms with Gasteiger partial charge in [0, 0.05) is 0 Å². The van der Waals surface area contributed by atoms with Crippen LogP contribution in [0.4, 0.5) is 4.79 Å². The summed E-state index contributed by atoms with van der Waals surface area (Å²) in [6, 6.07) is 10.1. The van der Waals surface area contributed by atoms with Gasteiger partial charge in [0.25, 0.3) is 11.1 Å². The minimum Gasteiger partial charge on any atom is -0.487 e. The van der Waals surface area contributed by atoms with Crippen molar-refractivity contribution in [1.82, 2.24) is 4.90 Å². The highest BCUT2D eigenvalue weighted by Gasteiger charge is 2.37. The number of carboxylic acids is 1. The second kappa shape index (κ2) is 11.3. The molecule has 0 aliphatic carbocycles. The first kappa shape index (κ1) is 27.5. The second-order valence-corrected chi connectivity index (χ2v) is 11.8. The molecule has 0 unspecified atom stereocenters. The summed E-state index contributed by atoms with van der Waals surface area (Å²) >= 11 is 5.04. The molecule has 2 amide bonds. The molecule has 3 rings (SSSR count). The molecule has 0 radical (unpaired) electrons. The number of carbonyl (C=O) groups excluding carboxylic acids is 3. The van der Waals surface area contributed by atoms with Gasteiger partial charge in [-0.2, -0.15) is 0 Å². The van der Waals surface area contributed by atoms with E-state index in [9.17, 15) is 19.2 Å². The third-order valence-corrected chi connectivity index (χ3v) is 6.99. The van der Waals surface area contributed by atoms with E-state index in [1.54, 1.807) is 39.0 Å². The number of hydrogen-bond acceptors (Lipinski definition) is 7. The first-order valence-electron chi connectivity index (χ1n) is 10.3. The zero-order valence-corrected chi connectivity index (χ0v) is 24.1. The molecule has 11 heteroatoms. The molecule has 0 atom stereocenters. The summed E-state index contributed by atoms with van der Waals surface area (Å²) in [5.41, 5.74) is 1.02. The van der Waals surface area contributed by atoms with Crippen LogP contribution in [0.3, 0.4) is 0 Å². The Labute approximate surface area is 233 Å². The van der Waals surface area contributed by atoms with Crippen LogP contribution < -0.4 is 4.74 Å². The summed E-state index contributed by atoms with van der Waals surface area (Å²) in [4.78, 5) is 49.2. The van der Waals surface area contributed by atoms with Gasteiger partial charge in [-0.25, -0.2) is 4.79 Å². The smallest absolute Gasteiger partial charge is 0.335 e. The van der Waals surface area contributed by atoms with E-state index in [-0.39, 0.29) is 17.1 Å². The molecule has 8 nitrogen and oxygen atoms in total. The summed E-state index contributed by atoms with van der Waals surface area (Å²) in [5, 5.41) is 8.48. The lowest BCUT2D eigenvalue weighted by molar-refractivity contribution is -0.156. The van der Waals surface area contributed by atoms with Gasteiger partial charge >= 0.3 is 11.9 Å². The lowest BCUT2D eigenvalue weighted by Gasteiger charge is -2.21. The number of esters is 1. The highest BCUT2D eigenvalue weighted by molar-refractivity contribution is 14.1. The minimum atomic E-state index is -0.986. The number of amides is 2. The number of benzene rings is 2. The SMILES string of the molecule is CC(C)(C)OC(=O)CN1C(=O)SC(=Cc2cc(I)c(OCc3ccc(C(=O)O)cc3)c(I)c2)C1=O. The average molecular weight is 721 g/mol. The number of ether oxygens (including phenoxy) is 2. The third-order valence-electron chi connectivity index (χ3n) is 4.48. The van der Waals surface area contributed by atoms with Crippen molar-refractivity contribution in [3.63, 3.8) is 0 Å². The van der Waals surface area contributed by atoms with E-state index in [0.717, 1.165) is 29.4 Å². The van der Waals surface area contributed by atoms with Crippen LogP contribution in [0.25, 0.3) is 6.08 Å². The van der Waals surface area contributed by atoms with Gasteiger partial charge in [0.2, 0.25) is 0 Å². The Hall–Kier alpha value is -2.13. The quantitative estimate of drug-likeness (QED) is 0.225. The fourth-order valence-electron chi connectivity index (χ4n) is 2.99. The highest BCUT2D eigenvalue weighted by atomic mass is 127. The lowest BCUT2D eigenvalue weighted by Crippen LogP contribution is -2.37. The van der Waals surface area contributed by atoms with E-state index in [0.29, 0.717) is 11.3 Å². The Morgan fingerprint density at radius 2 is 1.69 bits per heavy atom. The Morgan fingerprint density at radius 1 is 1.09 bits per heavy atom. The number of carbonyl (C=O) groups is 4. The number of nitrogens with zero attached hydrogens (tertiary/aromatic N) is 1. The van der Waals surface area contributed by atoms with Crippen LogP contribution in [0.2, 0.25) is 0 Å². The molecule has 2 aromatic rings. The summed E-state index contributed by atoms with van der Waals surface area (Å²) in [6.07, 6.45) is 1.61. The monoisotopic (exact) mass is 721 g/mol. The molecular formula is C24H21I2NO7S. The van der Waals surface area contributed by atoms with Gasteiger partial charge < -0.3 is 14.6 Å². The van der Waals surface area contributed by atoms with E-state index in [1.165, 1.54) is 12.1 Å². The summed E-state index contributed by atoms with van der Waals surface area (Å²) in [6.45, 7) is 4.96. The topological polar surface area (TPSA) is 110 Å². The zero-order valence-electron chi connectivity index (χ0n) is 19.0. The summed E-state index contributed by atoms with van der Waals surface area (Å²) in [7, 11) is 0. The van der Waals surface area contributed by atoms with Crippen LogP contribution in [0.15, 0.2) is 41.3 Å². The van der Waals surface area contributed by atoms with E-state index in [2.05, 4.69) is 45.2 Å². The van der Waals surface area contributed by atoms with Crippen LogP contribution >= 0.6 is 56.9 Å². The highest BCUT2D eigenvalue weighted by Crippen LogP contribution is 2.35. The zero-order chi connectivity index (χ0) is 25.9. The predicted octanol–water partition coefficient (Wildman–Crippen LogP) is 5.55. The number of thioether (sulfide) groups is 1. The van der Waals surface area contributed by atoms with Crippen molar-refractivity contribution in [2.45, 2.75) is 33.0 Å². The summed E-state index contributed by atoms with van der Waals surface area (Å²) < 4.78 is 12.8. The second-order valence-electron chi connectivity index (χ2n) is 8.46. The van der Waals surface area contributed by atoms with Gasteiger partial charge in [-0.05, 0) is 119 Å². The van der Waals surface area contributed by atoms with Crippen LogP contribution in [-0.2, 0) is 20.9 Å². The first-order chi connectivity index (χ1) is 16.3. The normalized spacial score (nSPS) is 15.0. The molecule has 1 N–H and O–H groups in total. The lowest BCUT2D eigenvalue weighted by atomic mass is 10.1. The molecule has 1 aliphatic heterocycles. The predicted molar refractivity (Wildman–Crippen MR) is 148 cm³/mol. The molecule has 0 aromatic heterocycles. The largest absolute Gasteiger partial charge is 0.487 e. The standard InChI is InChI=1S/C24H21I2NO7S/c1-24(2,3)34-19(28)11-27-21(29)18(35-23(27)32)10-14-8-16(25)20(17(26)9-14)33-12-13-4-6-15(7-5-13)22(30)31/h4-10H,11-12H2,1-3H3,(H,30,31). The Balaban J connectivity index is 1.71. The molecule has 184 valence electrons. The third kappa shape index (κ3) is 7.43. The van der Waals surface area contributed by atoms with Gasteiger partial charge in [-0.15, -0.1) is 0 Å². The van der Waals surface area contributed by atoms with Crippen molar-refractivity contribution in [1.29, 1.82) is 0 Å². The molecule has 2 aromatic carbocycles. The maximum Gasteiger partial charge on any atom is 0.335 e. The van der Waals surface area contributed by atoms with E-state index in [4.69, 9.17) is 14.6 Å². The van der Waals surface area contributed by atoms with Crippen molar-refractivity contribution < 1.29 is 33.8 Å². The minimum absolute atomic E-state index is 0.206. The maximum atomic E-state index is 12.7. The van der Waals surface area contributed by atoms with E-state index >= 15 is 0 Å². The number of imide groups is 1. The van der Waals surface area contributed by atoms with E-state index < -0.39 is 35.2 Å². The first-order valence-corrected chi connectivity index (χ1v) is 13.2. The molecule has 1 fully saturated rings. The number of aromatic carboxylic acids is 1. The van der Waals surface area contributed by atoms with Crippen molar-refractivity contribution in [2.24, 2.45) is 0 Å². The average Bonchev–Trinajstić information content (AvgIpc) is 2.99. The molecule has 0 spiro atoms. The van der Waals surface area contributed by atoms with Crippen molar-refractivity contribution in [3.8, 4) is 5.75 Å². The van der Waals surface area contributed by atoms with Crippen LogP contribution in [0.5, 0.6) is 5.75 Å². The van der Waals surface area contributed by atoms with Crippen molar-refractivity contribution in [2.75, 3.05) is 6.54 Å². The van der Waals surface area contributed by atoms with Gasteiger partial charge in [0.15, 0.2) is 0 Å². The summed E-state index contributed by atoms with van der Waals surface area (Å²) in [5.74, 6) is -1.52. The molecule has 0 bridgehead atoms. The van der Waals surface area contributed by atoms with Crippen LogP contribution in [0.1, 0.15) is 42.3 Å². The Morgan fingerprint density at radius 3 is 2.23 bits per heavy atom. The van der Waals surface area contributed by atoms with Crippen molar-refractivity contribution >= 4 is 86.1 Å². The molecule has 1 heterocycles. The van der Waals surface area contributed by atoms with Gasteiger partial charge in [0.1, 0.15) is 24.5 Å². The number of hydrogen-bond donors (Lipinski definition) is 1. The van der Waals surface area contributed by atoms with E-state index in [1.807, 2.05) is 12.1 Å². The van der Waals surface area contributed by atoms with Gasteiger partial charge in [-0.1, -0.05) is 12.1 Å². The van der Waals surface area contributed by atoms with Crippen LogP contribution in [0, 0.1) is 7.14 Å². The van der Waals surface area contributed by atoms with Gasteiger partial charge in [-0.3, -0.25) is 19.3 Å². The molecule has 0 saturated carbocycles. The fourth-order valence-corrected chi connectivity index (χ4v) is 5.96. The molecule has 1 saturated heterocycles. The van der Waals surface area contributed by atoms with Crippen molar-refractivity contribution in [3.05, 3.63) is 65.1 Å². The number of rotatable bonds is 7. The molecular weight excluding hydrogens is 700 g/mol.